The number of ether oxygens (including phenoxy) is 2. The highest BCUT2D eigenvalue weighted by atomic mass is 32.1. The SMILES string of the molecule is CCCCN(C(=O)CN1C[C@H](c2ccc3c(c2)OCO3)C[C@@H]1C)c1cccc(C)c1.CCN1CCCC1=O.C[NH+](C)C.O=C(O)S. The maximum Gasteiger partial charge on any atom is 0.361 e. The van der Waals surface area contributed by atoms with E-state index in [0.717, 1.165) is 75.5 Å². The summed E-state index contributed by atoms with van der Waals surface area (Å²) in [5.74, 6) is 2.58. The minimum Gasteiger partial charge on any atom is -0.473 e. The Labute approximate surface area is 281 Å². The van der Waals surface area contributed by atoms with Gasteiger partial charge in [-0.05, 0) is 81.3 Å². The van der Waals surface area contributed by atoms with Crippen LogP contribution in [0.5, 0.6) is 11.5 Å². The number of hydrogen-bond donors (Lipinski definition) is 3. The largest absolute Gasteiger partial charge is 0.473 e. The molecule has 3 heterocycles. The lowest BCUT2D eigenvalue weighted by atomic mass is 9.96. The average molecular weight is 660 g/mol. The Morgan fingerprint density at radius 1 is 1.09 bits per heavy atom. The van der Waals surface area contributed by atoms with Gasteiger partial charge in [-0.2, -0.15) is 0 Å². The molecule has 11 heteroatoms. The van der Waals surface area contributed by atoms with Crippen LogP contribution >= 0.6 is 12.6 Å². The van der Waals surface area contributed by atoms with Crippen LogP contribution in [0.4, 0.5) is 10.5 Å². The molecule has 46 heavy (non-hydrogen) atoms. The summed E-state index contributed by atoms with van der Waals surface area (Å²) < 4.78 is 11.0. The molecule has 2 aromatic rings. The minimum absolute atomic E-state index is 0.187. The molecule has 2 fully saturated rings. The Balaban J connectivity index is 0.000000378. The van der Waals surface area contributed by atoms with Crippen LogP contribution in [0.2, 0.25) is 0 Å². The first kappa shape index (κ1) is 38.9. The van der Waals surface area contributed by atoms with E-state index in [1.54, 1.807) is 0 Å². The molecule has 2 saturated heterocycles. The number of nitrogens with one attached hydrogen (secondary N) is 1. The fourth-order valence-electron chi connectivity index (χ4n) is 5.53. The topological polar surface area (TPSA) is 104 Å². The molecule has 0 radical (unpaired) electrons. The van der Waals surface area contributed by atoms with Crippen molar-refractivity contribution in [2.75, 3.05) is 65.6 Å². The number of carbonyl (C=O) groups is 3. The van der Waals surface area contributed by atoms with Crippen LogP contribution in [0, 0.1) is 6.92 Å². The summed E-state index contributed by atoms with van der Waals surface area (Å²) in [7, 11) is 6.25. The predicted octanol–water partition coefficient (Wildman–Crippen LogP) is 4.72. The Morgan fingerprint density at radius 3 is 2.33 bits per heavy atom. The second kappa shape index (κ2) is 20.1. The zero-order chi connectivity index (χ0) is 34.2. The van der Waals surface area contributed by atoms with Gasteiger partial charge in [0.05, 0.1) is 27.7 Å². The number of hydrogen-bond acceptors (Lipinski definition) is 6. The third-order valence-corrected chi connectivity index (χ3v) is 7.81. The van der Waals surface area contributed by atoms with E-state index in [4.69, 9.17) is 19.4 Å². The Morgan fingerprint density at radius 2 is 1.76 bits per heavy atom. The van der Waals surface area contributed by atoms with Gasteiger partial charge in [-0.3, -0.25) is 14.5 Å². The van der Waals surface area contributed by atoms with Crippen molar-refractivity contribution in [1.82, 2.24) is 9.80 Å². The van der Waals surface area contributed by atoms with E-state index in [1.165, 1.54) is 16.0 Å². The maximum atomic E-state index is 13.3. The second-order valence-electron chi connectivity index (χ2n) is 12.4. The normalized spacial score (nSPS) is 18.2. The predicted molar refractivity (Wildman–Crippen MR) is 187 cm³/mol. The number of carboxylic acid groups (broad SMARTS) is 1. The number of unbranched alkanes of at least 4 members (excludes halogenated alkanes) is 1. The van der Waals surface area contributed by atoms with Crippen molar-refractivity contribution in [3.63, 3.8) is 0 Å². The van der Waals surface area contributed by atoms with Gasteiger partial charge in [0.25, 0.3) is 0 Å². The van der Waals surface area contributed by atoms with E-state index in [-0.39, 0.29) is 5.91 Å². The van der Waals surface area contributed by atoms with Crippen molar-refractivity contribution in [1.29, 1.82) is 0 Å². The standard InChI is InChI=1S/C25H32N2O3.C6H11NO.C3H9N.CH2O2S/c1-4-5-11-27(22-8-6-7-18(2)12-22)25(28)16-26-15-21(13-19(26)3)20-9-10-23-24(14-20)30-17-29-23;1-2-7-5-3-4-6(7)8;1-4(2)3;2-1(3)4/h6-10,12,14,19,21H,4-5,11,13,15-17H2,1-3H3;2-5H2,1H3;1-3H3;4H,(H,2,3)/p+1/t19-,21+;;;/m0.../s1. The summed E-state index contributed by atoms with van der Waals surface area (Å²) in [6.45, 7) is 12.8. The van der Waals surface area contributed by atoms with Gasteiger partial charge in [-0.1, -0.05) is 44.2 Å². The summed E-state index contributed by atoms with van der Waals surface area (Å²) in [6.07, 6.45) is 4.96. The smallest absolute Gasteiger partial charge is 0.361 e. The first-order chi connectivity index (χ1) is 21.9. The summed E-state index contributed by atoms with van der Waals surface area (Å²) in [5.41, 5.74) is 3.45. The van der Waals surface area contributed by atoms with Crippen LogP contribution in [0.25, 0.3) is 0 Å². The second-order valence-corrected chi connectivity index (χ2v) is 12.8. The molecule has 0 aromatic heterocycles. The highest BCUT2D eigenvalue weighted by Gasteiger charge is 2.33. The van der Waals surface area contributed by atoms with E-state index in [2.05, 4.69) is 83.7 Å². The summed E-state index contributed by atoms with van der Waals surface area (Å²) in [5, 5.41) is 6.14. The number of anilines is 1. The number of fused-ring (bicyclic) bond motifs is 1. The minimum atomic E-state index is -1.14. The highest BCUT2D eigenvalue weighted by molar-refractivity contribution is 7.96. The molecule has 3 aliphatic heterocycles. The molecule has 0 aliphatic carbocycles. The Hall–Kier alpha value is -3.28. The third kappa shape index (κ3) is 13.2. The van der Waals surface area contributed by atoms with Crippen molar-refractivity contribution in [3.05, 3.63) is 53.6 Å². The van der Waals surface area contributed by atoms with Crippen molar-refractivity contribution in [2.24, 2.45) is 0 Å². The molecule has 256 valence electrons. The van der Waals surface area contributed by atoms with Crippen LogP contribution < -0.4 is 19.3 Å². The molecule has 0 bridgehead atoms. The number of benzene rings is 2. The average Bonchev–Trinajstić information content (AvgIpc) is 3.72. The molecule has 2 amide bonds. The molecule has 0 saturated carbocycles. The third-order valence-electron chi connectivity index (χ3n) is 7.81. The molecule has 2 atom stereocenters. The highest BCUT2D eigenvalue weighted by Crippen LogP contribution is 2.38. The lowest BCUT2D eigenvalue weighted by Crippen LogP contribution is -3.02. The van der Waals surface area contributed by atoms with Crippen molar-refractivity contribution in [2.45, 2.75) is 71.8 Å². The molecule has 0 unspecified atom stereocenters. The zero-order valence-corrected chi connectivity index (χ0v) is 29.6. The first-order valence-corrected chi connectivity index (χ1v) is 16.8. The number of thiol groups is 1. The molecule has 10 nitrogen and oxygen atoms in total. The molecular formula is C35H55N4O6S+. The van der Waals surface area contributed by atoms with E-state index < -0.39 is 5.30 Å². The quantitative estimate of drug-likeness (QED) is 0.353. The van der Waals surface area contributed by atoms with Crippen LogP contribution in [0.15, 0.2) is 42.5 Å². The van der Waals surface area contributed by atoms with Gasteiger partial charge in [0, 0.05) is 44.3 Å². The van der Waals surface area contributed by atoms with Crippen molar-refractivity contribution >= 4 is 35.4 Å². The Kier molecular flexibility index (Phi) is 17.0. The monoisotopic (exact) mass is 659 g/mol. The summed E-state index contributed by atoms with van der Waals surface area (Å²) in [6, 6.07) is 14.9. The number of likely N-dealkylation sites (tertiary alicyclic amines) is 2. The van der Waals surface area contributed by atoms with Crippen LogP contribution in [-0.4, -0.2) is 98.7 Å². The van der Waals surface area contributed by atoms with Gasteiger partial charge in [-0.25, -0.2) is 4.79 Å². The van der Waals surface area contributed by atoms with Gasteiger partial charge < -0.3 is 29.3 Å². The van der Waals surface area contributed by atoms with Gasteiger partial charge in [0.1, 0.15) is 0 Å². The van der Waals surface area contributed by atoms with Gasteiger partial charge in [0.15, 0.2) is 11.5 Å². The molecule has 2 N–H and O–H groups in total. The molecule has 0 spiro atoms. The number of amides is 2. The van der Waals surface area contributed by atoms with Gasteiger partial charge >= 0.3 is 5.30 Å². The maximum absolute atomic E-state index is 13.3. The fourth-order valence-corrected chi connectivity index (χ4v) is 5.53. The number of carbonyl (C=O) groups excluding carboxylic acids is 2. The van der Waals surface area contributed by atoms with E-state index in [1.807, 2.05) is 34.9 Å². The van der Waals surface area contributed by atoms with Crippen molar-refractivity contribution in [3.8, 4) is 11.5 Å². The molecule has 5 rings (SSSR count). The van der Waals surface area contributed by atoms with Crippen LogP contribution in [0.1, 0.15) is 69.9 Å². The molecule has 3 aliphatic rings. The fraction of sp³-hybridized carbons (Fsp3) is 0.571. The number of aryl methyl sites for hydroxylation is 1. The van der Waals surface area contributed by atoms with E-state index >= 15 is 0 Å². The van der Waals surface area contributed by atoms with Crippen LogP contribution in [0.3, 0.4) is 0 Å². The number of quaternary nitrogens is 1. The lowest BCUT2D eigenvalue weighted by Gasteiger charge is -2.27. The lowest BCUT2D eigenvalue weighted by molar-refractivity contribution is -0.836. The zero-order valence-electron chi connectivity index (χ0n) is 28.8. The Bertz CT molecular complexity index is 1250. The molecule has 2 aromatic carbocycles. The van der Waals surface area contributed by atoms with Gasteiger partial charge in [0.2, 0.25) is 18.6 Å². The molecular weight excluding hydrogens is 604 g/mol. The van der Waals surface area contributed by atoms with E-state index in [0.29, 0.717) is 31.2 Å². The van der Waals surface area contributed by atoms with Gasteiger partial charge in [-0.15, -0.1) is 0 Å². The first-order valence-electron chi connectivity index (χ1n) is 16.3. The van der Waals surface area contributed by atoms with Crippen LogP contribution in [-0.2, 0) is 9.59 Å². The number of rotatable bonds is 8. The number of nitrogens with zero attached hydrogens (tertiary/aromatic N) is 3. The summed E-state index contributed by atoms with van der Waals surface area (Å²) >= 11 is 2.88. The van der Waals surface area contributed by atoms with Crippen molar-refractivity contribution < 1.29 is 33.9 Å². The summed E-state index contributed by atoms with van der Waals surface area (Å²) in [4.78, 5) is 40.5. The van der Waals surface area contributed by atoms with E-state index in [9.17, 15) is 9.59 Å².